The Morgan fingerprint density at radius 1 is 0.524 bits per heavy atom. The summed E-state index contributed by atoms with van der Waals surface area (Å²) in [5, 5.41) is 2.33. The molecule has 0 unspecified atom stereocenters. The monoisotopic (exact) mass is 394 g/mol. The molecule has 0 aliphatic carbocycles. The van der Waals surface area contributed by atoms with Crippen molar-refractivity contribution in [1.82, 2.24) is 0 Å². The van der Waals surface area contributed by atoms with E-state index < -0.39 is 30.6 Å². The van der Waals surface area contributed by atoms with Gasteiger partial charge in [0.05, 0.1) is 0 Å². The van der Waals surface area contributed by atoms with Crippen LogP contribution in [0.1, 0.15) is 55.4 Å². The summed E-state index contributed by atoms with van der Waals surface area (Å²) in [7, 11) is -3.10. The van der Waals surface area contributed by atoms with Gasteiger partial charge >= 0.3 is 140 Å². The standard InChI is InChI=1S/C16H40GeO2Si2/c1-9-17(10-2,18-20(11-3,12-4)13-5)19-21(14-6,15-7)16-8/h9-16H2,1-8H3. The molecule has 0 aromatic carbocycles. The van der Waals surface area contributed by atoms with Gasteiger partial charge in [0.25, 0.3) is 0 Å². The summed E-state index contributed by atoms with van der Waals surface area (Å²) in [6.07, 6.45) is 0. The summed E-state index contributed by atoms with van der Waals surface area (Å²) in [5.41, 5.74) is 0. The van der Waals surface area contributed by atoms with Crippen molar-refractivity contribution in [3.8, 4) is 0 Å². The van der Waals surface area contributed by atoms with E-state index in [-0.39, 0.29) is 0 Å². The van der Waals surface area contributed by atoms with Gasteiger partial charge in [-0.15, -0.1) is 0 Å². The number of rotatable bonds is 12. The second-order valence-corrected chi connectivity index (χ2v) is 25.1. The predicted octanol–water partition coefficient (Wildman–Crippen LogP) is 6.51. The molecule has 0 rings (SSSR count). The van der Waals surface area contributed by atoms with Crippen molar-refractivity contribution in [3.63, 3.8) is 0 Å². The van der Waals surface area contributed by atoms with Crippen LogP contribution in [0.4, 0.5) is 0 Å². The van der Waals surface area contributed by atoms with Gasteiger partial charge in [-0.05, 0) is 0 Å². The van der Waals surface area contributed by atoms with E-state index in [1.807, 2.05) is 0 Å². The fourth-order valence-corrected chi connectivity index (χ4v) is 30.3. The Morgan fingerprint density at radius 2 is 0.762 bits per heavy atom. The fourth-order valence-electron chi connectivity index (χ4n) is 3.28. The molecule has 0 N–H and O–H groups in total. The van der Waals surface area contributed by atoms with Crippen LogP contribution >= 0.6 is 0 Å². The van der Waals surface area contributed by atoms with E-state index in [4.69, 9.17) is 6.91 Å². The Hall–Kier alpha value is 0.897. The molecule has 0 aromatic heterocycles. The van der Waals surface area contributed by atoms with Crippen LogP contribution in [0.15, 0.2) is 0 Å². The first-order valence-electron chi connectivity index (χ1n) is 9.30. The van der Waals surface area contributed by atoms with Crippen molar-refractivity contribution in [2.24, 2.45) is 0 Å². The van der Waals surface area contributed by atoms with Crippen molar-refractivity contribution in [2.75, 3.05) is 0 Å². The fraction of sp³-hybridized carbons (Fsp3) is 1.00. The number of hydrogen-bond acceptors (Lipinski definition) is 2. The second-order valence-electron chi connectivity index (χ2n) is 6.31. The van der Waals surface area contributed by atoms with Gasteiger partial charge in [0.2, 0.25) is 0 Å². The van der Waals surface area contributed by atoms with Crippen LogP contribution in [0, 0.1) is 0 Å². The average Bonchev–Trinajstić information content (AvgIpc) is 2.57. The summed E-state index contributed by atoms with van der Waals surface area (Å²) in [5.74, 6) is 0. The zero-order valence-electron chi connectivity index (χ0n) is 16.0. The average molecular weight is 393 g/mol. The van der Waals surface area contributed by atoms with Crippen LogP contribution in [0.25, 0.3) is 0 Å². The molecule has 0 atom stereocenters. The molecule has 0 saturated carbocycles. The van der Waals surface area contributed by atoms with E-state index in [1.54, 1.807) is 0 Å². The van der Waals surface area contributed by atoms with Gasteiger partial charge in [0.15, 0.2) is 0 Å². The SMILES string of the molecule is CC[Si](CC)(CC)[O][Ge]([CH2]C)([CH2]C)[O][Si](CC)(CC)CC. The topological polar surface area (TPSA) is 18.5 Å². The molecule has 21 heavy (non-hydrogen) atoms. The van der Waals surface area contributed by atoms with E-state index >= 15 is 0 Å². The molecule has 128 valence electrons. The van der Waals surface area contributed by atoms with E-state index in [9.17, 15) is 0 Å². The maximum absolute atomic E-state index is 7.07. The summed E-state index contributed by atoms with van der Waals surface area (Å²) in [6, 6.07) is 7.47. The first-order valence-corrected chi connectivity index (χ1v) is 19.0. The molecule has 0 aliphatic rings. The van der Waals surface area contributed by atoms with Crippen molar-refractivity contribution < 1.29 is 6.91 Å². The van der Waals surface area contributed by atoms with Crippen LogP contribution < -0.4 is 0 Å². The molecular formula is C16H40GeO2Si2. The summed E-state index contributed by atoms with van der Waals surface area (Å²) < 4.78 is 14.1. The molecule has 0 aliphatic heterocycles. The molecule has 0 spiro atoms. The Labute approximate surface area is 139 Å². The van der Waals surface area contributed by atoms with Gasteiger partial charge in [-0.1, -0.05) is 0 Å². The van der Waals surface area contributed by atoms with Crippen LogP contribution in [0.3, 0.4) is 0 Å². The van der Waals surface area contributed by atoms with Crippen molar-refractivity contribution in [3.05, 3.63) is 0 Å². The van der Waals surface area contributed by atoms with Crippen LogP contribution in [-0.4, -0.2) is 30.6 Å². The van der Waals surface area contributed by atoms with Gasteiger partial charge in [0.1, 0.15) is 0 Å². The summed E-state index contributed by atoms with van der Waals surface area (Å²) >= 11 is -2.61. The van der Waals surface area contributed by atoms with E-state index in [0.717, 1.165) is 0 Å². The zero-order valence-corrected chi connectivity index (χ0v) is 20.1. The van der Waals surface area contributed by atoms with Crippen LogP contribution in [0.2, 0.25) is 46.8 Å². The summed E-state index contributed by atoms with van der Waals surface area (Å²) in [6.45, 7) is 18.7. The number of hydrogen-bond donors (Lipinski definition) is 0. The van der Waals surface area contributed by atoms with Gasteiger partial charge < -0.3 is 0 Å². The van der Waals surface area contributed by atoms with Gasteiger partial charge in [-0.3, -0.25) is 0 Å². The van der Waals surface area contributed by atoms with E-state index in [1.165, 1.54) is 46.8 Å². The first-order chi connectivity index (χ1) is 9.90. The van der Waals surface area contributed by atoms with E-state index in [0.29, 0.717) is 0 Å². The molecule has 0 fully saturated rings. The second kappa shape index (κ2) is 9.91. The maximum atomic E-state index is 7.07. The molecular weight excluding hydrogens is 353 g/mol. The molecule has 2 nitrogen and oxygen atoms in total. The van der Waals surface area contributed by atoms with Crippen LogP contribution in [0.5, 0.6) is 0 Å². The molecule has 0 saturated heterocycles. The minimum absolute atomic E-state index is 1.17. The van der Waals surface area contributed by atoms with Gasteiger partial charge in [0, 0.05) is 0 Å². The third kappa shape index (κ3) is 5.48. The zero-order chi connectivity index (χ0) is 16.6. The molecule has 0 heterocycles. The Bertz CT molecular complexity index is 235. The summed E-state index contributed by atoms with van der Waals surface area (Å²) in [4.78, 5) is 0. The predicted molar refractivity (Wildman–Crippen MR) is 103 cm³/mol. The normalized spacial score (nSPS) is 13.7. The van der Waals surface area contributed by atoms with Crippen molar-refractivity contribution in [1.29, 1.82) is 0 Å². The van der Waals surface area contributed by atoms with Crippen LogP contribution in [-0.2, 0) is 6.91 Å². The third-order valence-electron chi connectivity index (χ3n) is 5.75. The van der Waals surface area contributed by atoms with Gasteiger partial charge in [-0.25, -0.2) is 0 Å². The van der Waals surface area contributed by atoms with Crippen molar-refractivity contribution >= 4 is 30.6 Å². The molecule has 5 heteroatoms. The molecule has 0 aromatic rings. The minimum atomic E-state index is -2.61. The molecule has 0 amide bonds. The molecule has 0 radical (unpaired) electrons. The van der Waals surface area contributed by atoms with Gasteiger partial charge in [-0.2, -0.15) is 0 Å². The molecule has 0 bridgehead atoms. The Morgan fingerprint density at radius 3 is 0.905 bits per heavy atom. The third-order valence-corrected chi connectivity index (χ3v) is 29.7. The quantitative estimate of drug-likeness (QED) is 0.352. The Balaban J connectivity index is 5.42. The Kier molecular flexibility index (Phi) is 10.3. The van der Waals surface area contributed by atoms with Crippen molar-refractivity contribution in [2.45, 2.75) is 102 Å². The van der Waals surface area contributed by atoms with E-state index in [2.05, 4.69) is 55.4 Å². The first kappa shape index (κ1) is 21.9.